The van der Waals surface area contributed by atoms with E-state index in [1.807, 2.05) is 19.1 Å². The standard InChI is InChI=1S/C14H17BrN2O4/c1-9-6-7-11(10(15)8-9)16-14(21)17-12(18)4-2-3-5-13(19)20/h6-8H,2-5H2,1H3,(H,19,20)(H2,16,17,18,21). The lowest BCUT2D eigenvalue weighted by Gasteiger charge is -2.09. The largest absolute Gasteiger partial charge is 0.481 e. The molecule has 1 aromatic carbocycles. The Bertz CT molecular complexity index is 546. The lowest BCUT2D eigenvalue weighted by Crippen LogP contribution is -2.34. The maximum absolute atomic E-state index is 11.6. The molecule has 0 saturated carbocycles. The quantitative estimate of drug-likeness (QED) is 0.682. The number of carboxylic acid groups (broad SMARTS) is 1. The van der Waals surface area contributed by atoms with Gasteiger partial charge in [0, 0.05) is 17.3 Å². The van der Waals surface area contributed by atoms with Crippen LogP contribution in [0, 0.1) is 6.92 Å². The van der Waals surface area contributed by atoms with E-state index in [1.165, 1.54) is 0 Å². The molecule has 3 amide bonds. The molecule has 0 aliphatic heterocycles. The van der Waals surface area contributed by atoms with Crippen molar-refractivity contribution in [1.29, 1.82) is 0 Å². The van der Waals surface area contributed by atoms with Gasteiger partial charge in [-0.15, -0.1) is 0 Å². The molecule has 0 spiro atoms. The number of hydrogen-bond acceptors (Lipinski definition) is 3. The highest BCUT2D eigenvalue weighted by Crippen LogP contribution is 2.23. The van der Waals surface area contributed by atoms with Crippen molar-refractivity contribution in [3.63, 3.8) is 0 Å². The highest BCUT2D eigenvalue weighted by atomic mass is 79.9. The van der Waals surface area contributed by atoms with E-state index >= 15 is 0 Å². The molecule has 0 saturated heterocycles. The molecular weight excluding hydrogens is 340 g/mol. The summed E-state index contributed by atoms with van der Waals surface area (Å²) in [5.41, 5.74) is 1.61. The molecule has 0 fully saturated rings. The molecule has 0 heterocycles. The summed E-state index contributed by atoms with van der Waals surface area (Å²) in [6, 6.07) is 4.82. The van der Waals surface area contributed by atoms with Crippen LogP contribution in [0.1, 0.15) is 31.2 Å². The second kappa shape index (κ2) is 8.41. The fraction of sp³-hybridized carbons (Fsp3) is 0.357. The molecule has 0 unspecified atom stereocenters. The molecule has 114 valence electrons. The van der Waals surface area contributed by atoms with Crippen molar-refractivity contribution in [3.05, 3.63) is 28.2 Å². The number of carbonyl (C=O) groups excluding carboxylic acids is 2. The number of benzene rings is 1. The number of aliphatic carboxylic acids is 1. The number of urea groups is 1. The summed E-state index contributed by atoms with van der Waals surface area (Å²) >= 11 is 3.32. The number of halogens is 1. The number of imide groups is 1. The minimum atomic E-state index is -0.891. The van der Waals surface area contributed by atoms with Crippen LogP contribution in [-0.4, -0.2) is 23.0 Å². The van der Waals surface area contributed by atoms with Gasteiger partial charge < -0.3 is 10.4 Å². The van der Waals surface area contributed by atoms with Gasteiger partial charge in [-0.25, -0.2) is 4.79 Å². The second-order valence-corrected chi connectivity index (χ2v) is 5.44. The lowest BCUT2D eigenvalue weighted by atomic mass is 10.2. The zero-order chi connectivity index (χ0) is 15.8. The van der Waals surface area contributed by atoms with Crippen molar-refractivity contribution in [1.82, 2.24) is 5.32 Å². The Kier molecular flexibility index (Phi) is 6.87. The summed E-state index contributed by atoms with van der Waals surface area (Å²) in [4.78, 5) is 33.5. The molecule has 6 nitrogen and oxygen atoms in total. The molecule has 1 aromatic rings. The van der Waals surface area contributed by atoms with E-state index in [1.54, 1.807) is 6.07 Å². The van der Waals surface area contributed by atoms with Gasteiger partial charge >= 0.3 is 12.0 Å². The van der Waals surface area contributed by atoms with Gasteiger partial charge in [0.25, 0.3) is 0 Å². The Morgan fingerprint density at radius 2 is 1.86 bits per heavy atom. The van der Waals surface area contributed by atoms with Crippen LogP contribution in [0.25, 0.3) is 0 Å². The van der Waals surface area contributed by atoms with Gasteiger partial charge in [0.1, 0.15) is 0 Å². The zero-order valence-electron chi connectivity index (χ0n) is 11.6. The maximum Gasteiger partial charge on any atom is 0.325 e. The molecule has 0 radical (unpaired) electrons. The first kappa shape index (κ1) is 17.2. The Morgan fingerprint density at radius 3 is 2.48 bits per heavy atom. The van der Waals surface area contributed by atoms with Gasteiger partial charge in [-0.2, -0.15) is 0 Å². The van der Waals surface area contributed by atoms with Gasteiger partial charge in [-0.05, 0) is 53.4 Å². The van der Waals surface area contributed by atoms with E-state index in [4.69, 9.17) is 5.11 Å². The van der Waals surface area contributed by atoms with Crippen LogP contribution in [0.15, 0.2) is 22.7 Å². The molecule has 1 rings (SSSR count). The monoisotopic (exact) mass is 356 g/mol. The first-order valence-electron chi connectivity index (χ1n) is 6.47. The SMILES string of the molecule is Cc1ccc(NC(=O)NC(=O)CCCCC(=O)O)c(Br)c1. The molecule has 0 aliphatic rings. The predicted molar refractivity (Wildman–Crippen MR) is 82.1 cm³/mol. The minimum absolute atomic E-state index is 0.0236. The predicted octanol–water partition coefficient (Wildman–Crippen LogP) is 3.05. The van der Waals surface area contributed by atoms with Crippen LogP contribution in [0.2, 0.25) is 0 Å². The number of carbonyl (C=O) groups is 3. The maximum atomic E-state index is 11.6. The van der Waals surface area contributed by atoms with Crippen LogP contribution >= 0.6 is 15.9 Å². The van der Waals surface area contributed by atoms with Crippen LogP contribution in [0.4, 0.5) is 10.5 Å². The summed E-state index contributed by atoms with van der Waals surface area (Å²) in [7, 11) is 0. The molecule has 0 bridgehead atoms. The highest BCUT2D eigenvalue weighted by molar-refractivity contribution is 9.10. The average Bonchev–Trinajstić information content (AvgIpc) is 2.38. The minimum Gasteiger partial charge on any atom is -0.481 e. The van der Waals surface area contributed by atoms with E-state index in [-0.39, 0.29) is 12.8 Å². The van der Waals surface area contributed by atoms with Crippen LogP contribution in [0.5, 0.6) is 0 Å². The number of amides is 3. The molecule has 0 aromatic heterocycles. The van der Waals surface area contributed by atoms with Gasteiger partial charge in [-0.3, -0.25) is 14.9 Å². The van der Waals surface area contributed by atoms with Crippen molar-refractivity contribution in [3.8, 4) is 0 Å². The molecular formula is C14H17BrN2O4. The van der Waals surface area contributed by atoms with E-state index in [0.717, 1.165) is 10.0 Å². The van der Waals surface area contributed by atoms with Gasteiger partial charge in [0.15, 0.2) is 0 Å². The van der Waals surface area contributed by atoms with Crippen molar-refractivity contribution in [2.24, 2.45) is 0 Å². The zero-order valence-corrected chi connectivity index (χ0v) is 13.2. The van der Waals surface area contributed by atoms with Crippen molar-refractivity contribution >= 4 is 39.5 Å². The summed E-state index contributed by atoms with van der Waals surface area (Å²) < 4.78 is 0.728. The summed E-state index contributed by atoms with van der Waals surface area (Å²) in [6.07, 6.45) is 0.985. The fourth-order valence-corrected chi connectivity index (χ4v) is 2.22. The fourth-order valence-electron chi connectivity index (χ4n) is 1.63. The number of nitrogens with one attached hydrogen (secondary N) is 2. The third-order valence-electron chi connectivity index (χ3n) is 2.67. The number of hydrogen-bond donors (Lipinski definition) is 3. The Hall–Kier alpha value is -1.89. The normalized spacial score (nSPS) is 10.0. The van der Waals surface area contributed by atoms with Crippen molar-refractivity contribution < 1.29 is 19.5 Å². The molecule has 3 N–H and O–H groups in total. The summed E-state index contributed by atoms with van der Waals surface area (Å²) in [6.45, 7) is 1.93. The Labute approximate surface area is 131 Å². The third kappa shape index (κ3) is 6.89. The average molecular weight is 357 g/mol. The number of rotatable bonds is 6. The highest BCUT2D eigenvalue weighted by Gasteiger charge is 2.09. The smallest absolute Gasteiger partial charge is 0.325 e. The Morgan fingerprint density at radius 1 is 1.19 bits per heavy atom. The first-order chi connectivity index (χ1) is 9.88. The van der Waals surface area contributed by atoms with Gasteiger partial charge in [-0.1, -0.05) is 6.07 Å². The van der Waals surface area contributed by atoms with E-state index in [2.05, 4.69) is 26.6 Å². The molecule has 21 heavy (non-hydrogen) atoms. The number of unbranched alkanes of at least 4 members (excludes halogenated alkanes) is 1. The second-order valence-electron chi connectivity index (χ2n) is 4.59. The van der Waals surface area contributed by atoms with E-state index in [9.17, 15) is 14.4 Å². The Balaban J connectivity index is 2.36. The topological polar surface area (TPSA) is 95.5 Å². The van der Waals surface area contributed by atoms with Gasteiger partial charge in [0.05, 0.1) is 5.69 Å². The number of carboxylic acids is 1. The third-order valence-corrected chi connectivity index (χ3v) is 3.33. The van der Waals surface area contributed by atoms with Crippen molar-refractivity contribution in [2.45, 2.75) is 32.6 Å². The summed E-state index contributed by atoms with van der Waals surface area (Å²) in [5.74, 6) is -1.32. The first-order valence-corrected chi connectivity index (χ1v) is 7.26. The van der Waals surface area contributed by atoms with E-state index in [0.29, 0.717) is 18.5 Å². The molecule has 7 heteroatoms. The lowest BCUT2D eigenvalue weighted by molar-refractivity contribution is -0.137. The van der Waals surface area contributed by atoms with Gasteiger partial charge in [0.2, 0.25) is 5.91 Å². The van der Waals surface area contributed by atoms with Crippen LogP contribution < -0.4 is 10.6 Å². The van der Waals surface area contributed by atoms with Crippen molar-refractivity contribution in [2.75, 3.05) is 5.32 Å². The van der Waals surface area contributed by atoms with Crippen LogP contribution in [0.3, 0.4) is 0 Å². The molecule has 0 aliphatic carbocycles. The summed E-state index contributed by atoms with van der Waals surface area (Å²) in [5, 5.41) is 13.2. The molecule has 0 atom stereocenters. The van der Waals surface area contributed by atoms with Crippen LogP contribution in [-0.2, 0) is 9.59 Å². The number of aryl methyl sites for hydroxylation is 1. The van der Waals surface area contributed by atoms with E-state index < -0.39 is 17.9 Å². The number of anilines is 1.